The molecule has 3 aromatic carbocycles. The molecule has 0 aliphatic carbocycles. The third kappa shape index (κ3) is 4.18. The zero-order valence-electron chi connectivity index (χ0n) is 17.9. The van der Waals surface area contributed by atoms with Crippen LogP contribution in [0.1, 0.15) is 10.4 Å². The van der Waals surface area contributed by atoms with Crippen LogP contribution in [0.3, 0.4) is 0 Å². The lowest BCUT2D eigenvalue weighted by Gasteiger charge is -2.41. The second-order valence-electron chi connectivity index (χ2n) is 8.39. The van der Waals surface area contributed by atoms with Gasteiger partial charge < -0.3 is 16.4 Å². The fourth-order valence-corrected chi connectivity index (χ4v) is 4.80. The van der Waals surface area contributed by atoms with Gasteiger partial charge in [0.25, 0.3) is 0 Å². The van der Waals surface area contributed by atoms with Gasteiger partial charge in [-0.2, -0.15) is 0 Å². The Morgan fingerprint density at radius 1 is 0.971 bits per heavy atom. The van der Waals surface area contributed by atoms with Crippen LogP contribution in [0.15, 0.2) is 54.6 Å². The Bertz CT molecular complexity index is 1420. The highest BCUT2D eigenvalue weighted by molar-refractivity contribution is 6.35. The Balaban J connectivity index is 1.72. The molecule has 9 heteroatoms. The lowest BCUT2D eigenvalue weighted by molar-refractivity contribution is 0.1000. The SMILES string of the molecule is NCC1CN(c2c(-c3cc(Cl)cc(Cl)c3)nnc3ccc(-c4cc(F)cc(C(N)=O)c4)cc23)C1. The quantitative estimate of drug-likeness (QED) is 0.410. The largest absolute Gasteiger partial charge is 0.368 e. The van der Waals surface area contributed by atoms with Gasteiger partial charge in [-0.15, -0.1) is 10.2 Å². The highest BCUT2D eigenvalue weighted by Crippen LogP contribution is 2.41. The maximum absolute atomic E-state index is 14.2. The number of primary amides is 1. The van der Waals surface area contributed by atoms with Gasteiger partial charge in [-0.1, -0.05) is 29.3 Å². The van der Waals surface area contributed by atoms with E-state index in [1.165, 1.54) is 6.07 Å². The van der Waals surface area contributed by atoms with Crippen molar-refractivity contribution in [1.82, 2.24) is 10.2 Å². The molecular weight excluding hydrogens is 476 g/mol. The van der Waals surface area contributed by atoms with Crippen LogP contribution >= 0.6 is 23.2 Å². The summed E-state index contributed by atoms with van der Waals surface area (Å²) in [5, 5.41) is 10.7. The highest BCUT2D eigenvalue weighted by Gasteiger charge is 2.30. The van der Waals surface area contributed by atoms with Crippen LogP contribution < -0.4 is 16.4 Å². The topological polar surface area (TPSA) is 98.1 Å². The van der Waals surface area contributed by atoms with E-state index in [9.17, 15) is 9.18 Å². The van der Waals surface area contributed by atoms with Gasteiger partial charge in [-0.05, 0) is 66.2 Å². The molecule has 6 nitrogen and oxygen atoms in total. The number of nitrogens with zero attached hydrogens (tertiary/aromatic N) is 3. The van der Waals surface area contributed by atoms with Crippen LogP contribution in [0.5, 0.6) is 0 Å². The Kier molecular flexibility index (Phi) is 5.85. The van der Waals surface area contributed by atoms with Gasteiger partial charge >= 0.3 is 0 Å². The first-order valence-electron chi connectivity index (χ1n) is 10.6. The summed E-state index contributed by atoms with van der Waals surface area (Å²) in [5.41, 5.74) is 15.5. The van der Waals surface area contributed by atoms with Gasteiger partial charge in [-0.25, -0.2) is 4.39 Å². The van der Waals surface area contributed by atoms with Crippen LogP contribution in [0.2, 0.25) is 10.0 Å². The number of halogens is 3. The van der Waals surface area contributed by atoms with Gasteiger partial charge in [0.2, 0.25) is 5.91 Å². The first kappa shape index (κ1) is 22.5. The van der Waals surface area contributed by atoms with Crippen molar-refractivity contribution in [3.05, 3.63) is 76.0 Å². The average Bonchev–Trinajstić information content (AvgIpc) is 2.77. The summed E-state index contributed by atoms with van der Waals surface area (Å²) in [4.78, 5) is 13.9. The molecule has 4 aromatic rings. The third-order valence-electron chi connectivity index (χ3n) is 5.99. The van der Waals surface area contributed by atoms with E-state index in [1.54, 1.807) is 24.3 Å². The zero-order valence-corrected chi connectivity index (χ0v) is 19.4. The highest BCUT2D eigenvalue weighted by atomic mass is 35.5. The molecule has 1 aromatic heterocycles. The minimum Gasteiger partial charge on any atom is -0.368 e. The molecule has 34 heavy (non-hydrogen) atoms. The van der Waals surface area contributed by atoms with E-state index in [2.05, 4.69) is 15.1 Å². The van der Waals surface area contributed by atoms with E-state index in [1.807, 2.05) is 18.2 Å². The summed E-state index contributed by atoms with van der Waals surface area (Å²) in [5.74, 6) is -0.854. The summed E-state index contributed by atoms with van der Waals surface area (Å²) in [6.07, 6.45) is 0. The van der Waals surface area contributed by atoms with Crippen LogP contribution in [0.25, 0.3) is 33.3 Å². The van der Waals surface area contributed by atoms with Crippen molar-refractivity contribution in [2.45, 2.75) is 0 Å². The van der Waals surface area contributed by atoms with Crippen LogP contribution in [-0.4, -0.2) is 35.7 Å². The predicted octanol–water partition coefficient (Wildman–Crippen LogP) is 4.90. The third-order valence-corrected chi connectivity index (χ3v) is 6.43. The van der Waals surface area contributed by atoms with Gasteiger partial charge in [-0.3, -0.25) is 4.79 Å². The second kappa shape index (κ2) is 8.83. The Labute approximate surface area is 205 Å². The number of fused-ring (bicyclic) bond motifs is 1. The van der Waals surface area contributed by atoms with Crippen molar-refractivity contribution in [3.63, 3.8) is 0 Å². The molecule has 2 heterocycles. The van der Waals surface area contributed by atoms with Gasteiger partial charge in [0.1, 0.15) is 11.5 Å². The van der Waals surface area contributed by atoms with Crippen molar-refractivity contribution in [2.75, 3.05) is 24.5 Å². The number of carbonyl (C=O) groups is 1. The fraction of sp³-hybridized carbons (Fsp3) is 0.160. The lowest BCUT2D eigenvalue weighted by Crippen LogP contribution is -2.50. The number of hydrogen-bond donors (Lipinski definition) is 2. The molecule has 1 aliphatic rings. The van der Waals surface area contributed by atoms with E-state index in [4.69, 9.17) is 34.7 Å². The van der Waals surface area contributed by atoms with E-state index >= 15 is 0 Å². The molecule has 1 amide bonds. The summed E-state index contributed by atoms with van der Waals surface area (Å²) in [7, 11) is 0. The number of rotatable bonds is 5. The van der Waals surface area contributed by atoms with Gasteiger partial charge in [0.05, 0.1) is 11.2 Å². The number of anilines is 1. The Morgan fingerprint density at radius 3 is 2.38 bits per heavy atom. The first-order chi connectivity index (χ1) is 16.3. The number of benzene rings is 3. The van der Waals surface area contributed by atoms with Crippen molar-refractivity contribution < 1.29 is 9.18 Å². The molecule has 1 aliphatic heterocycles. The van der Waals surface area contributed by atoms with Crippen molar-refractivity contribution in [3.8, 4) is 22.4 Å². The molecule has 0 spiro atoms. The molecule has 172 valence electrons. The van der Waals surface area contributed by atoms with E-state index in [0.717, 1.165) is 41.4 Å². The molecule has 5 rings (SSSR count). The molecule has 0 radical (unpaired) electrons. The molecule has 0 saturated carbocycles. The van der Waals surface area contributed by atoms with Crippen LogP contribution in [0, 0.1) is 11.7 Å². The Morgan fingerprint density at radius 2 is 1.71 bits per heavy atom. The molecule has 1 saturated heterocycles. The molecular formula is C25H20Cl2FN5O. The van der Waals surface area contributed by atoms with E-state index < -0.39 is 11.7 Å². The fourth-order valence-electron chi connectivity index (χ4n) is 4.28. The monoisotopic (exact) mass is 495 g/mol. The summed E-state index contributed by atoms with van der Waals surface area (Å²) >= 11 is 12.5. The van der Waals surface area contributed by atoms with E-state index in [0.29, 0.717) is 39.3 Å². The zero-order chi connectivity index (χ0) is 24.0. The summed E-state index contributed by atoms with van der Waals surface area (Å²) < 4.78 is 14.2. The predicted molar refractivity (Wildman–Crippen MR) is 134 cm³/mol. The second-order valence-corrected chi connectivity index (χ2v) is 9.26. The number of hydrogen-bond acceptors (Lipinski definition) is 5. The number of amides is 1. The van der Waals surface area contributed by atoms with Crippen molar-refractivity contribution in [2.24, 2.45) is 17.4 Å². The molecule has 0 atom stereocenters. The average molecular weight is 496 g/mol. The van der Waals surface area contributed by atoms with Crippen molar-refractivity contribution in [1.29, 1.82) is 0 Å². The van der Waals surface area contributed by atoms with Crippen molar-refractivity contribution >= 4 is 45.7 Å². The maximum atomic E-state index is 14.2. The number of nitrogens with two attached hydrogens (primary N) is 2. The maximum Gasteiger partial charge on any atom is 0.248 e. The number of aromatic nitrogens is 2. The molecule has 1 fully saturated rings. The van der Waals surface area contributed by atoms with Crippen LogP contribution in [0.4, 0.5) is 10.1 Å². The lowest BCUT2D eigenvalue weighted by atomic mass is 9.95. The minimum absolute atomic E-state index is 0.103. The van der Waals surface area contributed by atoms with E-state index in [-0.39, 0.29) is 5.56 Å². The van der Waals surface area contributed by atoms with Crippen LogP contribution in [-0.2, 0) is 0 Å². The molecule has 0 bridgehead atoms. The number of carbonyl (C=O) groups excluding carboxylic acids is 1. The van der Waals surface area contributed by atoms with Gasteiger partial charge in [0.15, 0.2) is 0 Å². The summed E-state index contributed by atoms with van der Waals surface area (Å²) in [6.45, 7) is 2.14. The Hall–Kier alpha value is -3.26. The van der Waals surface area contributed by atoms with Gasteiger partial charge in [0, 0.05) is 45.6 Å². The molecule has 0 unspecified atom stereocenters. The minimum atomic E-state index is -0.693. The molecule has 4 N–H and O–H groups in total. The normalized spacial score (nSPS) is 13.8. The standard InChI is InChI=1S/C25H20Cl2FN5O/c26-18-4-16(5-19(27)9-18)23-24(33-11-13(10-29)12-33)21-8-14(1-2-22(21)31-32-23)15-3-17(25(30)34)7-20(28)6-15/h1-9,13H,10-12,29H2,(H2,30,34). The smallest absolute Gasteiger partial charge is 0.248 e. The first-order valence-corrected chi connectivity index (χ1v) is 11.4. The summed E-state index contributed by atoms with van der Waals surface area (Å²) in [6, 6.07) is 14.9.